The van der Waals surface area contributed by atoms with Crippen molar-refractivity contribution in [3.05, 3.63) is 10.6 Å². The maximum atomic E-state index is 9.08. The highest BCUT2D eigenvalue weighted by atomic mass is 32.2. The zero-order valence-electron chi connectivity index (χ0n) is 9.00. The van der Waals surface area contributed by atoms with Gasteiger partial charge in [0.1, 0.15) is 5.69 Å². The Balaban J connectivity index is 0.000000385. The van der Waals surface area contributed by atoms with E-state index in [1.807, 2.05) is 6.92 Å². The van der Waals surface area contributed by atoms with E-state index in [0.717, 1.165) is 10.6 Å². The van der Waals surface area contributed by atoms with Crippen molar-refractivity contribution in [2.45, 2.75) is 13.3 Å². The number of hydrogen-bond donors (Lipinski definition) is 3. The number of aliphatic hydroxyl groups is 1. The smallest absolute Gasteiger partial charge is 0.355 e. The Kier molecular flexibility index (Phi) is 5.65. The third kappa shape index (κ3) is 5.85. The molecule has 0 aliphatic rings. The fraction of sp³-hybridized carbons (Fsp3) is 0.571. The Labute approximate surface area is 98.0 Å². The van der Waals surface area contributed by atoms with Gasteiger partial charge in [-0.25, -0.2) is 8.42 Å². The minimum absolute atomic E-state index is 0.140. The standard InChI is InChI=1S/C6H11N3OS.CH4O3S/c1-4-5(2-3-10)11-6(7)9(4)8;1-5(2,3)4/h7,10H,2-3,8H2,1H3;1H3,(H,2,3,4). The van der Waals surface area contributed by atoms with Crippen LogP contribution < -0.4 is 16.3 Å². The van der Waals surface area contributed by atoms with Gasteiger partial charge < -0.3 is 9.66 Å². The fourth-order valence-corrected chi connectivity index (χ4v) is 1.81. The van der Waals surface area contributed by atoms with Gasteiger partial charge in [0.15, 0.2) is 0 Å². The zero-order valence-corrected chi connectivity index (χ0v) is 10.6. The highest BCUT2D eigenvalue weighted by Crippen LogP contribution is 2.16. The molecule has 0 amide bonds. The van der Waals surface area contributed by atoms with Gasteiger partial charge in [0.05, 0.1) is 15.0 Å². The first-order valence-corrected chi connectivity index (χ1v) is 6.86. The van der Waals surface area contributed by atoms with Gasteiger partial charge in [-0.05, 0) is 11.3 Å². The van der Waals surface area contributed by atoms with Crippen molar-refractivity contribution in [2.24, 2.45) is 0 Å². The maximum absolute atomic E-state index is 9.08. The summed E-state index contributed by atoms with van der Waals surface area (Å²) in [5.41, 5.74) is 6.48. The van der Waals surface area contributed by atoms with Gasteiger partial charge in [-0.15, -0.1) is 4.68 Å². The van der Waals surface area contributed by atoms with Crippen molar-refractivity contribution in [2.75, 3.05) is 24.4 Å². The second-order valence-corrected chi connectivity index (χ2v) is 5.52. The van der Waals surface area contributed by atoms with Crippen LogP contribution in [0.2, 0.25) is 0 Å². The average Bonchev–Trinajstić information content (AvgIpc) is 2.32. The van der Waals surface area contributed by atoms with Gasteiger partial charge in [-0.3, -0.25) is 11.6 Å². The molecule has 0 radical (unpaired) electrons. The molecule has 0 aliphatic carbocycles. The molecular formula is C7H15N3O4S2. The van der Waals surface area contributed by atoms with Gasteiger partial charge in [0.2, 0.25) is 0 Å². The molecule has 1 aromatic heterocycles. The van der Waals surface area contributed by atoms with Crippen LogP contribution in [-0.2, 0) is 16.5 Å². The topological polar surface area (TPSA) is 133 Å². The van der Waals surface area contributed by atoms with Gasteiger partial charge in [0.25, 0.3) is 0 Å². The second kappa shape index (κ2) is 5.99. The Morgan fingerprint density at radius 2 is 2.00 bits per heavy atom. The van der Waals surface area contributed by atoms with E-state index >= 15 is 0 Å². The van der Waals surface area contributed by atoms with E-state index < -0.39 is 10.1 Å². The first-order valence-electron chi connectivity index (χ1n) is 4.23. The molecular weight excluding hydrogens is 254 g/mol. The zero-order chi connectivity index (χ0) is 12.9. The van der Waals surface area contributed by atoms with Gasteiger partial charge in [-0.2, -0.15) is 0 Å². The molecule has 5 N–H and O–H groups in total. The van der Waals surface area contributed by atoms with Crippen molar-refractivity contribution in [1.82, 2.24) is 0 Å². The van der Waals surface area contributed by atoms with Gasteiger partial charge in [0, 0.05) is 26.2 Å². The Hall–Kier alpha value is -0.900. The van der Waals surface area contributed by atoms with Crippen LogP contribution >= 0.6 is 11.3 Å². The summed E-state index contributed by atoms with van der Waals surface area (Å²) in [5, 5.41) is 9.24. The Morgan fingerprint density at radius 1 is 1.56 bits per heavy atom. The quantitative estimate of drug-likeness (QED) is 0.334. The average molecular weight is 269 g/mol. The Morgan fingerprint density at radius 3 is 2.25 bits per heavy atom. The highest BCUT2D eigenvalue weighted by Gasteiger charge is 2.14. The van der Waals surface area contributed by atoms with E-state index in [0.29, 0.717) is 17.8 Å². The summed E-state index contributed by atoms with van der Waals surface area (Å²) in [7, 11) is -3.92. The van der Waals surface area contributed by atoms with E-state index in [4.69, 9.17) is 29.7 Å². The number of nitrogen functional groups attached to an aromatic ring is 2. The summed E-state index contributed by atoms with van der Waals surface area (Å²) < 4.78 is 28.7. The van der Waals surface area contributed by atoms with Crippen LogP contribution in [0.25, 0.3) is 0 Å². The van der Waals surface area contributed by atoms with Crippen LogP contribution in [0.1, 0.15) is 10.6 Å². The molecule has 94 valence electrons. The van der Waals surface area contributed by atoms with Crippen molar-refractivity contribution >= 4 is 26.6 Å². The number of thiazole rings is 1. The van der Waals surface area contributed by atoms with E-state index in [9.17, 15) is 0 Å². The van der Waals surface area contributed by atoms with Crippen molar-refractivity contribution < 1.29 is 22.8 Å². The maximum Gasteiger partial charge on any atom is 0.355 e. The van der Waals surface area contributed by atoms with Crippen LogP contribution in [0.3, 0.4) is 0 Å². The minimum atomic E-state index is -3.92. The molecule has 0 saturated heterocycles. The largest absolute Gasteiger partial charge is 0.748 e. The Bertz CT molecular complexity index is 433. The molecule has 0 spiro atoms. The molecule has 16 heavy (non-hydrogen) atoms. The summed E-state index contributed by atoms with van der Waals surface area (Å²) in [5.74, 6) is 5.55. The van der Waals surface area contributed by atoms with E-state index in [1.54, 1.807) is 0 Å². The fourth-order valence-electron chi connectivity index (χ4n) is 0.882. The molecule has 9 heteroatoms. The molecule has 0 bridgehead atoms. The molecule has 1 rings (SSSR count). The van der Waals surface area contributed by atoms with E-state index in [1.165, 1.54) is 16.0 Å². The first-order chi connectivity index (χ1) is 7.16. The number of anilines is 1. The molecule has 1 aromatic rings. The third-order valence-electron chi connectivity index (χ3n) is 1.57. The van der Waals surface area contributed by atoms with Crippen molar-refractivity contribution in [1.29, 1.82) is 0 Å². The normalized spacial score (nSPS) is 10.8. The van der Waals surface area contributed by atoms with Crippen LogP contribution in [0.5, 0.6) is 0 Å². The number of rotatable bonds is 2. The number of nitrogens with two attached hydrogens (primary N) is 2. The lowest BCUT2D eigenvalue weighted by Gasteiger charge is -1.91. The summed E-state index contributed by atoms with van der Waals surface area (Å²) in [6.45, 7) is 2.03. The molecule has 7 nitrogen and oxygen atoms in total. The molecule has 0 unspecified atom stereocenters. The van der Waals surface area contributed by atoms with E-state index in [2.05, 4.69) is 0 Å². The lowest BCUT2D eigenvalue weighted by Crippen LogP contribution is -2.47. The van der Waals surface area contributed by atoms with Crippen LogP contribution in [0.4, 0.5) is 5.13 Å². The van der Waals surface area contributed by atoms with Gasteiger partial charge in [-0.1, -0.05) is 0 Å². The van der Waals surface area contributed by atoms with Crippen molar-refractivity contribution in [3.8, 4) is 0 Å². The molecule has 0 atom stereocenters. The molecule has 1 heterocycles. The lowest BCUT2D eigenvalue weighted by molar-refractivity contribution is -0.626. The highest BCUT2D eigenvalue weighted by molar-refractivity contribution is 7.84. The second-order valence-electron chi connectivity index (χ2n) is 3.00. The van der Waals surface area contributed by atoms with Gasteiger partial charge >= 0.3 is 5.13 Å². The summed E-state index contributed by atoms with van der Waals surface area (Å²) in [6, 6.07) is 0. The van der Waals surface area contributed by atoms with E-state index in [-0.39, 0.29) is 6.61 Å². The van der Waals surface area contributed by atoms with Crippen molar-refractivity contribution in [3.63, 3.8) is 0 Å². The predicted octanol–water partition coefficient (Wildman–Crippen LogP) is -1.66. The number of nitrogens with zero attached hydrogens (tertiary/aromatic N) is 1. The molecule has 0 aromatic carbocycles. The molecule has 0 aliphatic heterocycles. The van der Waals surface area contributed by atoms with Crippen LogP contribution in [0.15, 0.2) is 0 Å². The predicted molar refractivity (Wildman–Crippen MR) is 60.2 cm³/mol. The number of hydrogen-bond acceptors (Lipinski definition) is 7. The third-order valence-corrected chi connectivity index (χ3v) is 2.72. The summed E-state index contributed by atoms with van der Waals surface area (Å²) >= 11 is 1.42. The summed E-state index contributed by atoms with van der Waals surface area (Å²) in [6.07, 6.45) is 1.23. The summed E-state index contributed by atoms with van der Waals surface area (Å²) in [4.78, 5) is 1.05. The molecule has 0 fully saturated rings. The lowest BCUT2D eigenvalue weighted by atomic mass is 10.3. The number of aliphatic hydroxyl groups excluding tert-OH is 1. The minimum Gasteiger partial charge on any atom is -0.748 e. The van der Waals surface area contributed by atoms with Crippen LogP contribution in [-0.4, -0.2) is 30.9 Å². The first kappa shape index (κ1) is 15.1. The molecule has 0 saturated carbocycles. The number of aromatic nitrogens is 1. The van der Waals surface area contributed by atoms with Crippen LogP contribution in [0, 0.1) is 6.92 Å². The monoisotopic (exact) mass is 269 g/mol. The SMILES string of the molecule is CS(=O)(=O)[O-].Cc1c(CCO)sc(N)[n+]1N.